The van der Waals surface area contributed by atoms with Gasteiger partial charge >= 0.3 is 42.2 Å². The molecular weight excluding hydrogens is 553 g/mol. The van der Waals surface area contributed by atoms with Crippen LogP contribution in [0.1, 0.15) is 37.0 Å². The second-order valence-electron chi connectivity index (χ2n) is 7.62. The van der Waals surface area contributed by atoms with Crippen molar-refractivity contribution in [1.29, 1.82) is 0 Å². The van der Waals surface area contributed by atoms with E-state index < -0.39 is 54.3 Å². The molecule has 0 spiro atoms. The van der Waals surface area contributed by atoms with Crippen molar-refractivity contribution in [2.75, 3.05) is 12.3 Å². The number of ether oxygens (including phenoxy) is 1. The molecule has 0 heterocycles. The predicted octanol–water partition coefficient (Wildman–Crippen LogP) is 0.0387. The van der Waals surface area contributed by atoms with E-state index in [1.54, 1.807) is 13.8 Å². The lowest BCUT2D eigenvalue weighted by Crippen LogP contribution is -2.34. The number of urea groups is 1. The van der Waals surface area contributed by atoms with Crippen molar-refractivity contribution in [3.63, 3.8) is 0 Å². The monoisotopic (exact) mass is 586 g/mol. The second-order valence-corrected chi connectivity index (χ2v) is 7.62. The first-order chi connectivity index (χ1) is 18.1. The van der Waals surface area contributed by atoms with Crippen LogP contribution in [0.15, 0.2) is 24.3 Å². The largest absolute Gasteiger partial charge is 0.490 e. The van der Waals surface area contributed by atoms with Crippen LogP contribution in [-0.4, -0.2) is 76.1 Å². The average molecular weight is 587 g/mol. The molecule has 1 aromatic carbocycles. The van der Waals surface area contributed by atoms with Crippen LogP contribution in [0.2, 0.25) is 0 Å². The zero-order valence-corrected chi connectivity index (χ0v) is 21.4. The van der Waals surface area contributed by atoms with Crippen molar-refractivity contribution < 1.29 is 62.0 Å². The molecule has 40 heavy (non-hydrogen) atoms. The normalized spacial score (nSPS) is 11.4. The number of alkyl halides is 3. The molecule has 0 bridgehead atoms. The van der Waals surface area contributed by atoms with Crippen molar-refractivity contribution >= 4 is 41.7 Å². The smallest absolute Gasteiger partial charge is 0.480 e. The number of nitrogen functional groups attached to an aromatic ring is 1. The lowest BCUT2D eigenvalue weighted by molar-refractivity contribution is -0.192. The molecule has 3 amide bonds. The van der Waals surface area contributed by atoms with Crippen LogP contribution >= 0.6 is 0 Å². The second kappa shape index (κ2) is 20.3. The van der Waals surface area contributed by atoms with E-state index in [4.69, 9.17) is 43.0 Å². The average Bonchev–Trinajstić information content (AvgIpc) is 2.81. The van der Waals surface area contributed by atoms with Crippen LogP contribution in [0, 0.1) is 5.92 Å². The Hall–Kier alpha value is -4.65. The number of halogens is 3. The maximum atomic E-state index is 11.0. The molecule has 0 aliphatic rings. The highest BCUT2D eigenvalue weighted by Gasteiger charge is 2.38. The molecule has 1 aromatic rings. The van der Waals surface area contributed by atoms with Gasteiger partial charge in [0.1, 0.15) is 12.1 Å². The third-order valence-corrected chi connectivity index (χ3v) is 3.89. The van der Waals surface area contributed by atoms with E-state index in [1.165, 1.54) is 24.3 Å². The molecule has 0 aliphatic carbocycles. The summed E-state index contributed by atoms with van der Waals surface area (Å²) >= 11 is 0. The number of carbonyl (C=O) groups excluding carboxylic acids is 3. The molecule has 19 heteroatoms. The Morgan fingerprint density at radius 1 is 0.925 bits per heavy atom. The molecule has 16 nitrogen and oxygen atoms in total. The van der Waals surface area contributed by atoms with Gasteiger partial charge in [-0.1, -0.05) is 13.8 Å². The van der Waals surface area contributed by atoms with Gasteiger partial charge in [-0.25, -0.2) is 19.2 Å². The SMILES string of the molecule is CC(C)C(N)C(=O)O.NC(=O)NCCCC(N)C(=O)O.NC(=O)OC(=O)c1ccc(N)cc1.O=C(O)C(F)(F)F. The maximum absolute atomic E-state index is 11.0. The Morgan fingerprint density at radius 2 is 1.38 bits per heavy atom. The number of esters is 1. The fraction of sp³-hybridized carbons (Fsp3) is 0.429. The highest BCUT2D eigenvalue weighted by atomic mass is 19.4. The summed E-state index contributed by atoms with van der Waals surface area (Å²) in [7, 11) is 0. The minimum Gasteiger partial charge on any atom is -0.480 e. The first-order valence-corrected chi connectivity index (χ1v) is 10.8. The summed E-state index contributed by atoms with van der Waals surface area (Å²) in [6.07, 6.45) is -5.37. The van der Waals surface area contributed by atoms with Gasteiger partial charge in [0.15, 0.2) is 0 Å². The van der Waals surface area contributed by atoms with Crippen molar-refractivity contribution in [2.45, 2.75) is 44.9 Å². The summed E-state index contributed by atoms with van der Waals surface area (Å²) in [6.45, 7) is 3.91. The minimum atomic E-state index is -5.08. The predicted molar refractivity (Wildman–Crippen MR) is 132 cm³/mol. The molecule has 14 N–H and O–H groups in total. The molecule has 0 aliphatic heterocycles. The van der Waals surface area contributed by atoms with Crippen molar-refractivity contribution in [1.82, 2.24) is 5.32 Å². The topological polar surface area (TPSA) is 314 Å². The Labute approximate surface area is 225 Å². The van der Waals surface area contributed by atoms with Crippen LogP contribution in [0.5, 0.6) is 0 Å². The Kier molecular flexibility index (Phi) is 20.3. The van der Waals surface area contributed by atoms with E-state index >= 15 is 0 Å². The number of aliphatic carboxylic acids is 3. The molecule has 228 valence electrons. The van der Waals surface area contributed by atoms with Crippen LogP contribution in [-0.2, 0) is 19.1 Å². The van der Waals surface area contributed by atoms with E-state index in [-0.39, 0.29) is 11.5 Å². The number of carboxylic acids is 3. The van der Waals surface area contributed by atoms with Gasteiger partial charge in [-0.05, 0) is 43.0 Å². The Balaban J connectivity index is -0.000000472. The van der Waals surface area contributed by atoms with E-state index in [0.29, 0.717) is 25.1 Å². The molecule has 0 saturated carbocycles. The van der Waals surface area contributed by atoms with Crippen LogP contribution < -0.4 is 34.0 Å². The molecule has 0 radical (unpaired) electrons. The third-order valence-electron chi connectivity index (χ3n) is 3.89. The van der Waals surface area contributed by atoms with Gasteiger partial charge in [0.2, 0.25) is 0 Å². The Morgan fingerprint density at radius 3 is 1.65 bits per heavy atom. The maximum Gasteiger partial charge on any atom is 0.490 e. The summed E-state index contributed by atoms with van der Waals surface area (Å²) in [5.74, 6) is -5.48. The zero-order chi connectivity index (χ0) is 32.2. The number of nitrogens with one attached hydrogen (secondary N) is 1. The van der Waals surface area contributed by atoms with Crippen molar-refractivity contribution in [3.05, 3.63) is 29.8 Å². The summed E-state index contributed by atoms with van der Waals surface area (Å²) in [4.78, 5) is 60.5. The van der Waals surface area contributed by atoms with Gasteiger partial charge in [0.05, 0.1) is 5.56 Å². The van der Waals surface area contributed by atoms with Crippen molar-refractivity contribution in [3.8, 4) is 0 Å². The number of carboxylic acid groups (broad SMARTS) is 3. The summed E-state index contributed by atoms with van der Waals surface area (Å²) in [5, 5.41) is 26.0. The summed E-state index contributed by atoms with van der Waals surface area (Å²) in [6, 6.07) is 3.75. The van der Waals surface area contributed by atoms with Gasteiger partial charge in [-0.3, -0.25) is 9.59 Å². The quantitative estimate of drug-likeness (QED) is 0.0841. The highest BCUT2D eigenvalue weighted by molar-refractivity contribution is 5.96. The first kappa shape index (κ1) is 39.9. The lowest BCUT2D eigenvalue weighted by atomic mass is 10.1. The van der Waals surface area contributed by atoms with Gasteiger partial charge in [0.25, 0.3) is 0 Å². The molecule has 2 unspecified atom stereocenters. The zero-order valence-electron chi connectivity index (χ0n) is 21.4. The van der Waals surface area contributed by atoms with Gasteiger partial charge in [-0.15, -0.1) is 0 Å². The van der Waals surface area contributed by atoms with Crippen LogP contribution in [0.25, 0.3) is 0 Å². The molecule has 2 atom stereocenters. The molecule has 0 saturated heterocycles. The standard InChI is InChI=1S/C8H8N2O3.C6H13N3O3.C5H11NO2.C2HF3O2/c9-6-3-1-5(2-4-6)7(11)13-8(10)12;7-4(5(10)11)2-1-3-9-6(8)12;1-3(2)4(6)5(7)8;3-2(4,5)1(6)7/h1-4H,9H2,(H2,10,12);4H,1-3,7H2,(H,10,11)(H3,8,9,12);3-4H,6H2,1-2H3,(H,7,8);(H,6,7). The number of hydrogen-bond acceptors (Lipinski definition) is 10. The molecule has 1 rings (SSSR count). The lowest BCUT2D eigenvalue weighted by Gasteiger charge is -2.07. The van der Waals surface area contributed by atoms with Crippen LogP contribution in [0.3, 0.4) is 0 Å². The number of nitrogens with two attached hydrogens (primary N) is 5. The van der Waals surface area contributed by atoms with Gasteiger partial charge in [0, 0.05) is 12.2 Å². The highest BCUT2D eigenvalue weighted by Crippen LogP contribution is 2.13. The number of hydrogen-bond donors (Lipinski definition) is 9. The van der Waals surface area contributed by atoms with Gasteiger partial charge in [-0.2, -0.15) is 13.2 Å². The number of rotatable bonds is 8. The van der Waals surface area contributed by atoms with E-state index in [1.807, 2.05) is 0 Å². The summed E-state index contributed by atoms with van der Waals surface area (Å²) < 4.78 is 35.9. The fourth-order valence-electron chi connectivity index (χ4n) is 1.71. The van der Waals surface area contributed by atoms with E-state index in [2.05, 4.69) is 15.8 Å². The molecule has 0 aromatic heterocycles. The number of primary amides is 2. The number of carbonyl (C=O) groups is 6. The minimum absolute atomic E-state index is 0.0208. The van der Waals surface area contributed by atoms with E-state index in [0.717, 1.165) is 0 Å². The third kappa shape index (κ3) is 23.7. The summed E-state index contributed by atoms with van der Waals surface area (Å²) in [5.41, 5.74) is 25.9. The van der Waals surface area contributed by atoms with E-state index in [9.17, 15) is 37.1 Å². The van der Waals surface area contributed by atoms with Gasteiger partial charge < -0.3 is 54.0 Å². The molecular formula is C21H33F3N6O10. The number of benzene rings is 1. The Bertz CT molecular complexity index is 975. The number of amides is 3. The number of anilines is 1. The fourth-order valence-corrected chi connectivity index (χ4v) is 1.71. The molecule has 0 fully saturated rings. The van der Waals surface area contributed by atoms with Crippen LogP contribution in [0.4, 0.5) is 28.4 Å². The van der Waals surface area contributed by atoms with Crippen molar-refractivity contribution in [2.24, 2.45) is 28.9 Å². The first-order valence-electron chi connectivity index (χ1n) is 10.8.